The Hall–Kier alpha value is -1.10. The van der Waals surface area contributed by atoms with Gasteiger partial charge in [-0.2, -0.15) is 0 Å². The van der Waals surface area contributed by atoms with E-state index >= 15 is 0 Å². The van der Waals surface area contributed by atoms with E-state index in [1.165, 1.54) is 7.05 Å². The summed E-state index contributed by atoms with van der Waals surface area (Å²) in [6.45, 7) is 3.86. The molecule has 0 saturated carbocycles. The van der Waals surface area contributed by atoms with Gasteiger partial charge in [0.05, 0.1) is 6.61 Å². The maximum absolute atomic E-state index is 11.5. The van der Waals surface area contributed by atoms with Gasteiger partial charge in [-0.3, -0.25) is 14.4 Å². The molecular weight excluding hydrogens is 186 g/mol. The van der Waals surface area contributed by atoms with Crippen molar-refractivity contribution in [1.82, 2.24) is 5.06 Å². The minimum atomic E-state index is -0.787. The first-order chi connectivity index (χ1) is 6.61. The lowest BCUT2D eigenvalue weighted by Gasteiger charge is -2.11. The van der Waals surface area contributed by atoms with Crippen molar-refractivity contribution in [2.24, 2.45) is 5.92 Å². The fourth-order valence-corrected chi connectivity index (χ4v) is 1.47. The van der Waals surface area contributed by atoms with Gasteiger partial charge >= 0.3 is 5.97 Å². The van der Waals surface area contributed by atoms with E-state index in [0.717, 1.165) is 5.06 Å². The molecule has 1 saturated heterocycles. The van der Waals surface area contributed by atoms with Gasteiger partial charge < -0.3 is 4.74 Å². The molecule has 5 nitrogen and oxygen atoms in total. The molecule has 1 heterocycles. The number of hydroxylamine groups is 2. The van der Waals surface area contributed by atoms with E-state index in [0.29, 0.717) is 6.42 Å². The molecule has 1 aliphatic heterocycles. The van der Waals surface area contributed by atoms with E-state index in [9.17, 15) is 9.59 Å². The lowest BCUT2D eigenvalue weighted by Crippen LogP contribution is -2.32. The van der Waals surface area contributed by atoms with Gasteiger partial charge in [0.25, 0.3) is 5.91 Å². The fraction of sp³-hybridized carbons (Fsp3) is 0.778. The van der Waals surface area contributed by atoms with Crippen LogP contribution in [0.5, 0.6) is 0 Å². The van der Waals surface area contributed by atoms with Crippen LogP contribution in [0.3, 0.4) is 0 Å². The Labute approximate surface area is 82.9 Å². The zero-order valence-corrected chi connectivity index (χ0v) is 8.65. The number of rotatable bonds is 3. The second-order valence-electron chi connectivity index (χ2n) is 3.12. The third-order valence-electron chi connectivity index (χ3n) is 2.18. The van der Waals surface area contributed by atoms with Gasteiger partial charge in [-0.15, -0.1) is 0 Å². The first-order valence-electron chi connectivity index (χ1n) is 4.72. The third kappa shape index (κ3) is 1.87. The van der Waals surface area contributed by atoms with Gasteiger partial charge in [-0.25, -0.2) is 5.06 Å². The van der Waals surface area contributed by atoms with Crippen LogP contribution < -0.4 is 0 Å². The summed E-state index contributed by atoms with van der Waals surface area (Å²) in [4.78, 5) is 28.1. The molecule has 0 aromatic rings. The summed E-state index contributed by atoms with van der Waals surface area (Å²) < 4.78 is 4.81. The molecule has 1 amide bonds. The van der Waals surface area contributed by atoms with Gasteiger partial charge in [0, 0.05) is 7.05 Å². The molecule has 0 bridgehead atoms. The molecule has 0 N–H and O–H groups in total. The van der Waals surface area contributed by atoms with Crippen molar-refractivity contribution in [2.45, 2.75) is 26.4 Å². The molecule has 14 heavy (non-hydrogen) atoms. The van der Waals surface area contributed by atoms with Crippen molar-refractivity contribution in [3.8, 4) is 0 Å². The predicted octanol–water partition coefficient (Wildman–Crippen LogP) is 0.348. The molecule has 0 radical (unpaired) electrons. The summed E-state index contributed by atoms with van der Waals surface area (Å²) in [7, 11) is 1.50. The maximum Gasteiger partial charge on any atom is 0.321 e. The topological polar surface area (TPSA) is 55.8 Å². The van der Waals surface area contributed by atoms with Crippen LogP contribution >= 0.6 is 0 Å². The number of amides is 1. The first-order valence-corrected chi connectivity index (χ1v) is 4.72. The molecule has 5 heteroatoms. The minimum Gasteiger partial charge on any atom is -0.465 e. The fourth-order valence-electron chi connectivity index (χ4n) is 1.47. The molecule has 1 fully saturated rings. The lowest BCUT2D eigenvalue weighted by atomic mass is 10.0. The standard InChI is InChI=1S/C9H15NO4/c1-4-6-7(9(12)13-5-2)8(11)10(3)14-6/h6-7H,4-5H2,1-3H3/t6-,7-/m0/s1. The summed E-state index contributed by atoms with van der Waals surface area (Å²) in [6, 6.07) is 0. The normalized spacial score (nSPS) is 26.8. The van der Waals surface area contributed by atoms with Crippen molar-refractivity contribution in [3.05, 3.63) is 0 Å². The minimum absolute atomic E-state index is 0.281. The number of hydrogen-bond acceptors (Lipinski definition) is 4. The van der Waals surface area contributed by atoms with Crippen molar-refractivity contribution in [3.63, 3.8) is 0 Å². The van der Waals surface area contributed by atoms with Gasteiger partial charge in [-0.05, 0) is 13.3 Å². The average molecular weight is 201 g/mol. The molecule has 0 aromatic heterocycles. The van der Waals surface area contributed by atoms with E-state index in [-0.39, 0.29) is 18.6 Å². The van der Waals surface area contributed by atoms with E-state index in [2.05, 4.69) is 0 Å². The van der Waals surface area contributed by atoms with Crippen LogP contribution in [0.1, 0.15) is 20.3 Å². The molecule has 1 rings (SSSR count). The maximum atomic E-state index is 11.5. The summed E-state index contributed by atoms with van der Waals surface area (Å²) in [6.07, 6.45) is 0.228. The number of carbonyl (C=O) groups is 2. The van der Waals surface area contributed by atoms with E-state index in [1.807, 2.05) is 6.92 Å². The molecule has 0 spiro atoms. The van der Waals surface area contributed by atoms with Gasteiger partial charge in [-0.1, -0.05) is 6.92 Å². The second kappa shape index (κ2) is 4.41. The van der Waals surface area contributed by atoms with E-state index in [1.54, 1.807) is 6.92 Å². The zero-order chi connectivity index (χ0) is 10.7. The molecule has 0 aliphatic carbocycles. The average Bonchev–Trinajstić information content (AvgIpc) is 2.43. The summed E-state index contributed by atoms with van der Waals surface area (Å²) >= 11 is 0. The Bertz CT molecular complexity index is 241. The molecular formula is C9H15NO4. The Morgan fingerprint density at radius 1 is 1.57 bits per heavy atom. The van der Waals surface area contributed by atoms with Crippen LogP contribution in [0.2, 0.25) is 0 Å². The summed E-state index contributed by atoms with van der Waals surface area (Å²) in [5.41, 5.74) is 0. The predicted molar refractivity (Wildman–Crippen MR) is 48.1 cm³/mol. The number of hydrogen-bond donors (Lipinski definition) is 0. The monoisotopic (exact) mass is 201 g/mol. The largest absolute Gasteiger partial charge is 0.465 e. The van der Waals surface area contributed by atoms with Gasteiger partial charge in [0.1, 0.15) is 6.10 Å². The Morgan fingerprint density at radius 2 is 2.21 bits per heavy atom. The van der Waals surface area contributed by atoms with Crippen LogP contribution in [0.4, 0.5) is 0 Å². The lowest BCUT2D eigenvalue weighted by molar-refractivity contribution is -0.164. The quantitative estimate of drug-likeness (QED) is 0.488. The Balaban J connectivity index is 2.73. The van der Waals surface area contributed by atoms with Crippen LogP contribution in [-0.2, 0) is 19.2 Å². The van der Waals surface area contributed by atoms with Crippen molar-refractivity contribution >= 4 is 11.9 Å². The number of carbonyl (C=O) groups excluding carboxylic acids is 2. The van der Waals surface area contributed by atoms with Gasteiger partial charge in [0.2, 0.25) is 0 Å². The van der Waals surface area contributed by atoms with Crippen LogP contribution in [-0.4, -0.2) is 36.7 Å². The zero-order valence-electron chi connectivity index (χ0n) is 8.65. The Kier molecular flexibility index (Phi) is 3.46. The third-order valence-corrected chi connectivity index (χ3v) is 2.18. The van der Waals surface area contributed by atoms with Crippen molar-refractivity contribution in [2.75, 3.05) is 13.7 Å². The highest BCUT2D eigenvalue weighted by Gasteiger charge is 2.45. The second-order valence-corrected chi connectivity index (χ2v) is 3.12. The highest BCUT2D eigenvalue weighted by molar-refractivity contribution is 5.99. The van der Waals surface area contributed by atoms with Gasteiger partial charge in [0.15, 0.2) is 5.92 Å². The van der Waals surface area contributed by atoms with Crippen LogP contribution in [0, 0.1) is 5.92 Å². The SMILES string of the molecule is CCOC(=O)[C@@H]1C(=O)N(C)O[C@H]1CC. The highest BCUT2D eigenvalue weighted by atomic mass is 16.7. The Morgan fingerprint density at radius 3 is 2.71 bits per heavy atom. The van der Waals surface area contributed by atoms with E-state index < -0.39 is 11.9 Å². The summed E-state index contributed by atoms with van der Waals surface area (Å²) in [5.74, 6) is -1.60. The molecule has 1 aliphatic rings. The summed E-state index contributed by atoms with van der Waals surface area (Å²) in [5, 5.41) is 1.11. The van der Waals surface area contributed by atoms with Crippen molar-refractivity contribution < 1.29 is 19.2 Å². The molecule has 0 aromatic carbocycles. The highest BCUT2D eigenvalue weighted by Crippen LogP contribution is 2.24. The van der Waals surface area contributed by atoms with Crippen LogP contribution in [0.15, 0.2) is 0 Å². The smallest absolute Gasteiger partial charge is 0.321 e. The number of nitrogens with zero attached hydrogens (tertiary/aromatic N) is 1. The number of ether oxygens (including phenoxy) is 1. The van der Waals surface area contributed by atoms with Crippen LogP contribution in [0.25, 0.3) is 0 Å². The van der Waals surface area contributed by atoms with Crippen molar-refractivity contribution in [1.29, 1.82) is 0 Å². The first kappa shape index (κ1) is 11.0. The molecule has 80 valence electrons. The van der Waals surface area contributed by atoms with E-state index in [4.69, 9.17) is 9.57 Å². The molecule has 0 unspecified atom stereocenters. The number of esters is 1. The molecule has 2 atom stereocenters.